The smallest absolute Gasteiger partial charge is 0.286 e. The zero-order chi connectivity index (χ0) is 16.4. The molecule has 0 radical (unpaired) electrons. The number of amidine groups is 1. The summed E-state index contributed by atoms with van der Waals surface area (Å²) in [7, 11) is 0. The fraction of sp³-hybridized carbons (Fsp3) is 0.222. The summed E-state index contributed by atoms with van der Waals surface area (Å²) in [6.45, 7) is 2.88. The molecule has 0 spiro atoms. The molecule has 2 aliphatic heterocycles. The molecule has 1 aromatic carbocycles. The van der Waals surface area contributed by atoms with Crippen LogP contribution in [0.2, 0.25) is 0 Å². The Morgan fingerprint density at radius 1 is 1.08 bits per heavy atom. The second-order valence-corrected chi connectivity index (χ2v) is 6.49. The normalized spacial score (nSPS) is 19.8. The molecule has 3 heterocycles. The predicted octanol–water partition coefficient (Wildman–Crippen LogP) is 3.25. The second kappa shape index (κ2) is 6.67. The molecule has 1 fully saturated rings. The quantitative estimate of drug-likeness (QED) is 0.786. The van der Waals surface area contributed by atoms with E-state index in [0.29, 0.717) is 23.9 Å². The van der Waals surface area contributed by atoms with Crippen LogP contribution < -0.4 is 0 Å². The van der Waals surface area contributed by atoms with E-state index in [9.17, 15) is 4.79 Å². The molecule has 0 unspecified atom stereocenters. The second-order valence-electron chi connectivity index (χ2n) is 5.48. The van der Waals surface area contributed by atoms with E-state index in [-0.39, 0.29) is 5.91 Å². The first-order valence-corrected chi connectivity index (χ1v) is 8.62. The lowest BCUT2D eigenvalue weighted by atomic mass is 10.2. The van der Waals surface area contributed by atoms with Crippen molar-refractivity contribution in [2.24, 2.45) is 4.99 Å². The molecule has 0 N–H and O–H groups in total. The van der Waals surface area contributed by atoms with Crippen LogP contribution in [-0.4, -0.2) is 42.3 Å². The van der Waals surface area contributed by atoms with E-state index in [1.165, 1.54) is 11.8 Å². The van der Waals surface area contributed by atoms with Crippen molar-refractivity contribution < 1.29 is 13.9 Å². The molecule has 5 nitrogen and oxygen atoms in total. The number of ether oxygens (including phenoxy) is 1. The number of rotatable bonds is 2. The molecule has 1 amide bonds. The molecular weight excluding hydrogens is 324 g/mol. The summed E-state index contributed by atoms with van der Waals surface area (Å²) in [5.41, 5.74) is 1.01. The zero-order valence-corrected chi connectivity index (χ0v) is 13.8. The van der Waals surface area contributed by atoms with Crippen LogP contribution >= 0.6 is 11.8 Å². The Kier molecular flexibility index (Phi) is 4.23. The molecule has 2 aromatic rings. The van der Waals surface area contributed by atoms with Gasteiger partial charge in [-0.1, -0.05) is 30.3 Å². The van der Waals surface area contributed by atoms with Gasteiger partial charge in [-0.3, -0.25) is 4.79 Å². The SMILES string of the molecule is O=C1N=C(N2CCOCC2)S/C1=C\c1ccc(-c2ccccc2)o1. The maximum atomic E-state index is 12.1. The number of nitrogens with zero attached hydrogens (tertiary/aromatic N) is 2. The molecule has 0 bridgehead atoms. The highest BCUT2D eigenvalue weighted by molar-refractivity contribution is 8.18. The van der Waals surface area contributed by atoms with Crippen molar-refractivity contribution in [3.63, 3.8) is 0 Å². The number of hydrogen-bond acceptors (Lipinski definition) is 5. The van der Waals surface area contributed by atoms with Gasteiger partial charge in [-0.15, -0.1) is 0 Å². The van der Waals surface area contributed by atoms with Crippen LogP contribution in [0.15, 0.2) is 56.8 Å². The van der Waals surface area contributed by atoms with Crippen molar-refractivity contribution in [3.8, 4) is 11.3 Å². The number of hydrogen-bond donors (Lipinski definition) is 0. The monoisotopic (exact) mass is 340 g/mol. The van der Waals surface area contributed by atoms with Gasteiger partial charge in [0.25, 0.3) is 5.91 Å². The number of morpholine rings is 1. The van der Waals surface area contributed by atoms with E-state index < -0.39 is 0 Å². The number of aliphatic imine (C=N–C) groups is 1. The Morgan fingerprint density at radius 2 is 1.88 bits per heavy atom. The summed E-state index contributed by atoms with van der Waals surface area (Å²) in [5.74, 6) is 1.23. The summed E-state index contributed by atoms with van der Waals surface area (Å²) in [6, 6.07) is 13.7. The van der Waals surface area contributed by atoms with Gasteiger partial charge >= 0.3 is 0 Å². The van der Waals surface area contributed by atoms with Gasteiger partial charge in [0.15, 0.2) is 5.17 Å². The third-order valence-corrected chi connectivity index (χ3v) is 4.89. The molecule has 0 atom stereocenters. The van der Waals surface area contributed by atoms with Crippen LogP contribution in [0.1, 0.15) is 5.76 Å². The number of carbonyl (C=O) groups is 1. The lowest BCUT2D eigenvalue weighted by molar-refractivity contribution is -0.113. The minimum atomic E-state index is -0.209. The van der Waals surface area contributed by atoms with Gasteiger partial charge in [-0.05, 0) is 23.9 Å². The van der Waals surface area contributed by atoms with Crippen molar-refractivity contribution in [1.29, 1.82) is 0 Å². The van der Waals surface area contributed by atoms with Crippen LogP contribution in [0.25, 0.3) is 17.4 Å². The fourth-order valence-electron chi connectivity index (χ4n) is 2.61. The standard InChI is InChI=1S/C18H16N2O3S/c21-17-16(24-18(19-17)20-8-10-22-11-9-20)12-14-6-7-15(23-14)13-4-2-1-3-5-13/h1-7,12H,8-11H2/b16-12-. The van der Waals surface area contributed by atoms with Crippen molar-refractivity contribution in [3.05, 3.63) is 53.1 Å². The highest BCUT2D eigenvalue weighted by Gasteiger charge is 2.27. The van der Waals surface area contributed by atoms with Gasteiger partial charge in [0, 0.05) is 24.7 Å². The van der Waals surface area contributed by atoms with E-state index in [4.69, 9.17) is 9.15 Å². The minimum absolute atomic E-state index is 0.209. The van der Waals surface area contributed by atoms with Crippen LogP contribution in [0.4, 0.5) is 0 Å². The van der Waals surface area contributed by atoms with Crippen molar-refractivity contribution >= 4 is 28.9 Å². The summed E-state index contributed by atoms with van der Waals surface area (Å²) in [4.78, 5) is 19.0. The number of benzene rings is 1. The van der Waals surface area contributed by atoms with Gasteiger partial charge in [0.05, 0.1) is 18.1 Å². The average molecular weight is 340 g/mol. The van der Waals surface area contributed by atoms with Crippen molar-refractivity contribution in [1.82, 2.24) is 4.90 Å². The first-order chi connectivity index (χ1) is 11.8. The average Bonchev–Trinajstić information content (AvgIpc) is 3.24. The summed E-state index contributed by atoms with van der Waals surface area (Å²) < 4.78 is 11.2. The van der Waals surface area contributed by atoms with Crippen LogP contribution in [0.5, 0.6) is 0 Å². The van der Waals surface area contributed by atoms with Crippen molar-refractivity contribution in [2.45, 2.75) is 0 Å². The molecule has 6 heteroatoms. The van der Waals surface area contributed by atoms with Crippen LogP contribution in [0.3, 0.4) is 0 Å². The third-order valence-electron chi connectivity index (χ3n) is 3.85. The largest absolute Gasteiger partial charge is 0.457 e. The Balaban J connectivity index is 1.50. The molecule has 4 rings (SSSR count). The zero-order valence-electron chi connectivity index (χ0n) is 13.0. The lowest BCUT2D eigenvalue weighted by Gasteiger charge is -2.27. The lowest BCUT2D eigenvalue weighted by Crippen LogP contribution is -2.38. The summed E-state index contributed by atoms with van der Waals surface area (Å²) in [6.07, 6.45) is 1.76. The van der Waals surface area contributed by atoms with Crippen LogP contribution in [0, 0.1) is 0 Å². The van der Waals surface area contributed by atoms with Gasteiger partial charge < -0.3 is 14.1 Å². The van der Waals surface area contributed by atoms with E-state index in [1.54, 1.807) is 6.08 Å². The molecule has 122 valence electrons. The van der Waals surface area contributed by atoms with Gasteiger partial charge in [-0.25, -0.2) is 0 Å². The van der Waals surface area contributed by atoms with E-state index in [0.717, 1.165) is 29.6 Å². The van der Waals surface area contributed by atoms with Crippen LogP contribution in [-0.2, 0) is 9.53 Å². The Hall–Kier alpha value is -2.31. The Bertz CT molecular complexity index is 805. The Morgan fingerprint density at radius 3 is 2.67 bits per heavy atom. The maximum Gasteiger partial charge on any atom is 0.286 e. The van der Waals surface area contributed by atoms with E-state index >= 15 is 0 Å². The molecule has 2 aliphatic rings. The molecule has 0 aliphatic carbocycles. The van der Waals surface area contributed by atoms with E-state index in [1.807, 2.05) is 42.5 Å². The van der Waals surface area contributed by atoms with Crippen molar-refractivity contribution in [2.75, 3.05) is 26.3 Å². The number of carbonyl (C=O) groups excluding carboxylic acids is 1. The molecule has 1 saturated heterocycles. The first-order valence-electron chi connectivity index (χ1n) is 7.80. The number of furan rings is 1. The van der Waals surface area contributed by atoms with E-state index in [2.05, 4.69) is 9.89 Å². The summed E-state index contributed by atoms with van der Waals surface area (Å²) >= 11 is 1.40. The maximum absolute atomic E-state index is 12.1. The van der Waals surface area contributed by atoms with Gasteiger partial charge in [0.1, 0.15) is 11.5 Å². The van der Waals surface area contributed by atoms with Gasteiger partial charge in [0.2, 0.25) is 0 Å². The highest BCUT2D eigenvalue weighted by Crippen LogP contribution is 2.31. The summed E-state index contributed by atoms with van der Waals surface area (Å²) in [5, 5.41) is 0.754. The Labute approximate surface area is 144 Å². The molecule has 24 heavy (non-hydrogen) atoms. The predicted molar refractivity (Wildman–Crippen MR) is 94.5 cm³/mol. The molecule has 1 aromatic heterocycles. The highest BCUT2D eigenvalue weighted by atomic mass is 32.2. The first kappa shape index (κ1) is 15.2. The topological polar surface area (TPSA) is 55.0 Å². The number of amides is 1. The van der Waals surface area contributed by atoms with Gasteiger partial charge in [-0.2, -0.15) is 4.99 Å². The third kappa shape index (κ3) is 3.16. The molecular formula is C18H16N2O3S. The minimum Gasteiger partial charge on any atom is -0.457 e. The number of thioether (sulfide) groups is 1. The fourth-order valence-corrected chi connectivity index (χ4v) is 3.55. The molecule has 0 saturated carbocycles.